The summed E-state index contributed by atoms with van der Waals surface area (Å²) < 4.78 is 37.4. The van der Waals surface area contributed by atoms with Crippen LogP contribution in [0.25, 0.3) is 0 Å². The zero-order valence-corrected chi connectivity index (χ0v) is 9.93. The summed E-state index contributed by atoms with van der Waals surface area (Å²) in [5.41, 5.74) is 4.96. The molecule has 0 aromatic carbocycles. The highest BCUT2D eigenvalue weighted by atomic mass is 19.4. The fourth-order valence-corrected chi connectivity index (χ4v) is 1.26. The molecule has 1 atom stereocenters. The van der Waals surface area contributed by atoms with Gasteiger partial charge in [0.2, 0.25) is 0 Å². The van der Waals surface area contributed by atoms with E-state index in [1.807, 2.05) is 13.8 Å². The molecule has 0 rings (SSSR count). The van der Waals surface area contributed by atoms with E-state index < -0.39 is 17.9 Å². The van der Waals surface area contributed by atoms with Gasteiger partial charge < -0.3 is 10.6 Å². The molecule has 0 saturated heterocycles. The van der Waals surface area contributed by atoms with E-state index in [1.54, 1.807) is 11.9 Å². The number of rotatable bonds is 6. The maximum Gasteiger partial charge on any atom is 0.399 e. The third-order valence-corrected chi connectivity index (χ3v) is 2.35. The van der Waals surface area contributed by atoms with Crippen LogP contribution in [-0.2, 0) is 0 Å². The first-order chi connectivity index (χ1) is 7.14. The normalized spacial score (nSPS) is 14.5. The van der Waals surface area contributed by atoms with Gasteiger partial charge in [0.1, 0.15) is 11.8 Å². The summed E-state index contributed by atoms with van der Waals surface area (Å²) in [5, 5.41) is 6.95. The lowest BCUT2D eigenvalue weighted by Crippen LogP contribution is -2.43. The molecule has 0 amide bonds. The van der Waals surface area contributed by atoms with Crippen molar-refractivity contribution in [2.45, 2.75) is 26.4 Å². The van der Waals surface area contributed by atoms with Crippen molar-refractivity contribution in [3.63, 3.8) is 0 Å². The van der Waals surface area contributed by atoms with Crippen molar-refractivity contribution in [2.75, 3.05) is 20.1 Å². The average molecular weight is 239 g/mol. The summed E-state index contributed by atoms with van der Waals surface area (Å²) in [5.74, 6) is -2.22. The van der Waals surface area contributed by atoms with Gasteiger partial charge in [0, 0.05) is 6.54 Å². The standard InChI is InChI=1S/C10H20F3N3/c1-7(2)4-5-16(3)6-8(9(14)15)10(11,12)13/h7-8H,4-6H2,1-3H3,(H3,14,15). The lowest BCUT2D eigenvalue weighted by Gasteiger charge is -2.25. The summed E-state index contributed by atoms with van der Waals surface area (Å²) in [7, 11) is 1.62. The second kappa shape index (κ2) is 6.08. The number of nitrogens with two attached hydrogens (primary N) is 1. The largest absolute Gasteiger partial charge is 0.399 e. The molecule has 0 bridgehead atoms. The van der Waals surface area contributed by atoms with Gasteiger partial charge >= 0.3 is 6.18 Å². The maximum absolute atomic E-state index is 12.5. The molecule has 0 aliphatic carbocycles. The molecule has 0 aromatic rings. The monoisotopic (exact) mass is 239 g/mol. The molecule has 3 nitrogen and oxygen atoms in total. The Labute approximate surface area is 94.3 Å². The quantitative estimate of drug-likeness (QED) is 0.550. The SMILES string of the molecule is CC(C)CCN(C)CC(C(=N)N)C(F)(F)F. The van der Waals surface area contributed by atoms with Crippen LogP contribution in [0.2, 0.25) is 0 Å². The third-order valence-electron chi connectivity index (χ3n) is 2.35. The molecule has 0 spiro atoms. The number of halogens is 3. The minimum atomic E-state index is -4.43. The van der Waals surface area contributed by atoms with Crippen LogP contribution in [0.5, 0.6) is 0 Å². The van der Waals surface area contributed by atoms with Gasteiger partial charge in [-0.05, 0) is 25.9 Å². The van der Waals surface area contributed by atoms with E-state index in [-0.39, 0.29) is 6.54 Å². The molecule has 16 heavy (non-hydrogen) atoms. The fraction of sp³-hybridized carbons (Fsp3) is 0.900. The van der Waals surface area contributed by atoms with Crippen molar-refractivity contribution in [3.05, 3.63) is 0 Å². The Kier molecular flexibility index (Phi) is 5.78. The highest BCUT2D eigenvalue weighted by Crippen LogP contribution is 2.26. The first-order valence-corrected chi connectivity index (χ1v) is 5.23. The Morgan fingerprint density at radius 3 is 2.19 bits per heavy atom. The minimum Gasteiger partial charge on any atom is -0.387 e. The summed E-state index contributed by atoms with van der Waals surface area (Å²) in [6, 6.07) is 0. The second-order valence-corrected chi connectivity index (χ2v) is 4.49. The predicted molar refractivity (Wildman–Crippen MR) is 58.4 cm³/mol. The van der Waals surface area contributed by atoms with Crippen molar-refractivity contribution in [1.82, 2.24) is 4.90 Å². The number of alkyl halides is 3. The molecular weight excluding hydrogens is 219 g/mol. The van der Waals surface area contributed by atoms with E-state index in [1.165, 1.54) is 0 Å². The van der Waals surface area contributed by atoms with Gasteiger partial charge in [0.15, 0.2) is 0 Å². The smallest absolute Gasteiger partial charge is 0.387 e. The van der Waals surface area contributed by atoms with E-state index in [0.717, 1.165) is 6.42 Å². The highest BCUT2D eigenvalue weighted by molar-refractivity contribution is 5.80. The number of hydrogen-bond acceptors (Lipinski definition) is 2. The van der Waals surface area contributed by atoms with Crippen molar-refractivity contribution >= 4 is 5.84 Å². The van der Waals surface area contributed by atoms with Crippen LogP contribution in [0.15, 0.2) is 0 Å². The van der Waals surface area contributed by atoms with Crippen molar-refractivity contribution in [3.8, 4) is 0 Å². The Morgan fingerprint density at radius 1 is 1.38 bits per heavy atom. The Hall–Kier alpha value is -0.780. The Balaban J connectivity index is 4.25. The van der Waals surface area contributed by atoms with Gasteiger partial charge in [-0.2, -0.15) is 13.2 Å². The zero-order chi connectivity index (χ0) is 12.9. The molecule has 0 aromatic heterocycles. The first kappa shape index (κ1) is 15.2. The molecule has 96 valence electrons. The van der Waals surface area contributed by atoms with Gasteiger partial charge in [-0.3, -0.25) is 5.41 Å². The molecular formula is C10H20F3N3. The summed E-state index contributed by atoms with van der Waals surface area (Å²) in [4.78, 5) is 1.57. The second-order valence-electron chi connectivity index (χ2n) is 4.49. The third kappa shape index (κ3) is 5.95. The maximum atomic E-state index is 12.5. The molecule has 0 aliphatic heterocycles. The molecule has 6 heteroatoms. The summed E-state index contributed by atoms with van der Waals surface area (Å²) in [6.07, 6.45) is -3.60. The van der Waals surface area contributed by atoms with E-state index in [2.05, 4.69) is 0 Å². The molecule has 3 N–H and O–H groups in total. The van der Waals surface area contributed by atoms with Gasteiger partial charge in [0.25, 0.3) is 0 Å². The van der Waals surface area contributed by atoms with Gasteiger partial charge in [0.05, 0.1) is 0 Å². The highest BCUT2D eigenvalue weighted by Gasteiger charge is 2.42. The van der Waals surface area contributed by atoms with E-state index in [0.29, 0.717) is 12.5 Å². The number of hydrogen-bond donors (Lipinski definition) is 2. The lowest BCUT2D eigenvalue weighted by atomic mass is 10.1. The van der Waals surface area contributed by atoms with Crippen molar-refractivity contribution in [2.24, 2.45) is 17.6 Å². The Bertz CT molecular complexity index is 226. The van der Waals surface area contributed by atoms with Crippen molar-refractivity contribution in [1.29, 1.82) is 5.41 Å². The predicted octanol–water partition coefficient (Wildman–Crippen LogP) is 2.08. The number of amidine groups is 1. The topological polar surface area (TPSA) is 53.1 Å². The zero-order valence-electron chi connectivity index (χ0n) is 9.93. The van der Waals surface area contributed by atoms with Crippen molar-refractivity contribution < 1.29 is 13.2 Å². The van der Waals surface area contributed by atoms with Crippen LogP contribution in [0.3, 0.4) is 0 Å². The summed E-state index contributed by atoms with van der Waals surface area (Å²) >= 11 is 0. The lowest BCUT2D eigenvalue weighted by molar-refractivity contribution is -0.159. The van der Waals surface area contributed by atoms with Gasteiger partial charge in [-0.25, -0.2) is 0 Å². The van der Waals surface area contributed by atoms with E-state index in [9.17, 15) is 13.2 Å². The molecule has 1 unspecified atom stereocenters. The van der Waals surface area contributed by atoms with Crippen LogP contribution in [0, 0.1) is 17.2 Å². The van der Waals surface area contributed by atoms with E-state index in [4.69, 9.17) is 11.1 Å². The average Bonchev–Trinajstić information content (AvgIpc) is 2.08. The fourth-order valence-electron chi connectivity index (χ4n) is 1.26. The van der Waals surface area contributed by atoms with Gasteiger partial charge in [-0.15, -0.1) is 0 Å². The molecule has 0 aliphatic rings. The first-order valence-electron chi connectivity index (χ1n) is 5.23. The molecule has 0 radical (unpaired) electrons. The van der Waals surface area contributed by atoms with E-state index >= 15 is 0 Å². The number of nitrogens with one attached hydrogen (secondary N) is 1. The van der Waals surface area contributed by atoms with Crippen LogP contribution in [-0.4, -0.2) is 37.0 Å². The molecule has 0 saturated carbocycles. The molecule has 0 fully saturated rings. The van der Waals surface area contributed by atoms with Crippen LogP contribution < -0.4 is 5.73 Å². The molecule has 0 heterocycles. The number of nitrogens with zero attached hydrogens (tertiary/aromatic N) is 1. The van der Waals surface area contributed by atoms with Crippen LogP contribution in [0.1, 0.15) is 20.3 Å². The van der Waals surface area contributed by atoms with Crippen LogP contribution in [0.4, 0.5) is 13.2 Å². The van der Waals surface area contributed by atoms with Gasteiger partial charge in [-0.1, -0.05) is 13.8 Å². The van der Waals surface area contributed by atoms with Crippen LogP contribution >= 0.6 is 0 Å². The Morgan fingerprint density at radius 2 is 1.88 bits per heavy atom. The minimum absolute atomic E-state index is 0.244. The summed E-state index contributed by atoms with van der Waals surface area (Å²) in [6.45, 7) is 4.36.